The van der Waals surface area contributed by atoms with Gasteiger partial charge in [-0.1, -0.05) is 26.7 Å². The van der Waals surface area contributed by atoms with Crippen LogP contribution in [-0.2, 0) is 14.3 Å². The highest BCUT2D eigenvalue weighted by Crippen LogP contribution is 2.13. The third-order valence-electron chi connectivity index (χ3n) is 2.54. The van der Waals surface area contributed by atoms with E-state index in [4.69, 9.17) is 9.84 Å². The van der Waals surface area contributed by atoms with Crippen LogP contribution in [-0.4, -0.2) is 36.2 Å². The summed E-state index contributed by atoms with van der Waals surface area (Å²) in [5, 5.41) is 11.5. The zero-order valence-electron chi connectivity index (χ0n) is 10.2. The number of carbonyl (C=O) groups is 2. The molecule has 0 aliphatic rings. The molecule has 1 unspecified atom stereocenters. The molecule has 0 spiro atoms. The Bertz CT molecular complexity index is 226. The topological polar surface area (TPSA) is 75.6 Å². The molecule has 5 heteroatoms. The lowest BCUT2D eigenvalue weighted by molar-refractivity contribution is -0.144. The number of hydrogen-bond acceptors (Lipinski definition) is 3. The van der Waals surface area contributed by atoms with Crippen molar-refractivity contribution in [1.29, 1.82) is 0 Å². The summed E-state index contributed by atoms with van der Waals surface area (Å²) in [7, 11) is 0. The van der Waals surface area contributed by atoms with Crippen LogP contribution in [0.25, 0.3) is 0 Å². The average Bonchev–Trinajstić information content (AvgIpc) is 2.26. The SMILES string of the molecule is CCOCC(=O)NC(C(=O)O)C(CC)CC. The summed E-state index contributed by atoms with van der Waals surface area (Å²) in [4.78, 5) is 22.4. The Morgan fingerprint density at radius 2 is 1.81 bits per heavy atom. The summed E-state index contributed by atoms with van der Waals surface area (Å²) in [5.41, 5.74) is 0. The molecule has 0 radical (unpaired) electrons. The van der Waals surface area contributed by atoms with Crippen molar-refractivity contribution in [2.24, 2.45) is 5.92 Å². The van der Waals surface area contributed by atoms with E-state index in [2.05, 4.69) is 5.32 Å². The quantitative estimate of drug-likeness (QED) is 0.654. The molecule has 0 aliphatic heterocycles. The number of aliphatic carboxylic acids is 1. The Morgan fingerprint density at radius 3 is 2.19 bits per heavy atom. The molecule has 0 bridgehead atoms. The molecule has 0 saturated carbocycles. The zero-order valence-corrected chi connectivity index (χ0v) is 10.2. The largest absolute Gasteiger partial charge is 0.480 e. The van der Waals surface area contributed by atoms with Crippen LogP contribution < -0.4 is 5.32 Å². The van der Waals surface area contributed by atoms with Gasteiger partial charge in [0.2, 0.25) is 5.91 Å². The second-order valence-electron chi connectivity index (χ2n) is 3.60. The van der Waals surface area contributed by atoms with Crippen LogP contribution >= 0.6 is 0 Å². The van der Waals surface area contributed by atoms with Gasteiger partial charge in [-0.15, -0.1) is 0 Å². The number of hydrogen-bond donors (Lipinski definition) is 2. The molecular formula is C11H21NO4. The van der Waals surface area contributed by atoms with Gasteiger partial charge >= 0.3 is 5.97 Å². The Hall–Kier alpha value is -1.10. The minimum atomic E-state index is -0.987. The summed E-state index contributed by atoms with van der Waals surface area (Å²) in [6.45, 7) is 5.97. The third-order valence-corrected chi connectivity index (χ3v) is 2.54. The van der Waals surface area contributed by atoms with Crippen molar-refractivity contribution < 1.29 is 19.4 Å². The van der Waals surface area contributed by atoms with Crippen molar-refractivity contribution in [2.45, 2.75) is 39.7 Å². The lowest BCUT2D eigenvalue weighted by atomic mass is 9.94. The number of amides is 1. The first-order chi connectivity index (χ1) is 7.56. The van der Waals surface area contributed by atoms with Crippen LogP contribution in [0.5, 0.6) is 0 Å². The monoisotopic (exact) mass is 231 g/mol. The molecule has 0 heterocycles. The van der Waals surface area contributed by atoms with E-state index in [1.54, 1.807) is 6.92 Å². The van der Waals surface area contributed by atoms with Gasteiger partial charge in [-0.05, 0) is 12.8 Å². The number of carboxylic acids is 1. The maximum absolute atomic E-state index is 11.4. The number of carbonyl (C=O) groups excluding carboxylic acids is 1. The number of carboxylic acid groups (broad SMARTS) is 1. The van der Waals surface area contributed by atoms with Crippen LogP contribution in [0.4, 0.5) is 0 Å². The summed E-state index contributed by atoms with van der Waals surface area (Å²) >= 11 is 0. The highest BCUT2D eigenvalue weighted by molar-refractivity contribution is 5.84. The van der Waals surface area contributed by atoms with Gasteiger partial charge in [0.1, 0.15) is 12.6 Å². The van der Waals surface area contributed by atoms with Crippen LogP contribution in [0.15, 0.2) is 0 Å². The van der Waals surface area contributed by atoms with Gasteiger partial charge in [-0.2, -0.15) is 0 Å². The summed E-state index contributed by atoms with van der Waals surface area (Å²) in [6, 6.07) is -0.817. The molecule has 5 nitrogen and oxygen atoms in total. The van der Waals surface area contributed by atoms with Crippen LogP contribution in [0.3, 0.4) is 0 Å². The first kappa shape index (κ1) is 14.9. The lowest BCUT2D eigenvalue weighted by Gasteiger charge is -2.22. The minimum Gasteiger partial charge on any atom is -0.480 e. The second kappa shape index (κ2) is 8.10. The van der Waals surface area contributed by atoms with Gasteiger partial charge in [0.05, 0.1) is 0 Å². The Morgan fingerprint density at radius 1 is 1.25 bits per heavy atom. The van der Waals surface area contributed by atoms with E-state index in [0.717, 1.165) is 12.8 Å². The molecule has 0 aliphatic carbocycles. The number of ether oxygens (including phenoxy) is 1. The zero-order chi connectivity index (χ0) is 12.6. The molecule has 0 aromatic carbocycles. The molecule has 0 aromatic rings. The minimum absolute atomic E-state index is 0.0388. The Balaban J connectivity index is 4.32. The van der Waals surface area contributed by atoms with Gasteiger partial charge in [0, 0.05) is 6.61 Å². The van der Waals surface area contributed by atoms with Crippen molar-refractivity contribution in [3.8, 4) is 0 Å². The van der Waals surface area contributed by atoms with E-state index in [0.29, 0.717) is 6.61 Å². The van der Waals surface area contributed by atoms with Crippen molar-refractivity contribution in [1.82, 2.24) is 5.32 Å². The van der Waals surface area contributed by atoms with Crippen LogP contribution in [0.2, 0.25) is 0 Å². The first-order valence-electron chi connectivity index (χ1n) is 5.66. The summed E-state index contributed by atoms with van der Waals surface area (Å²) in [5.74, 6) is -1.40. The van der Waals surface area contributed by atoms with E-state index in [9.17, 15) is 9.59 Å². The lowest BCUT2D eigenvalue weighted by Crippen LogP contribution is -2.47. The van der Waals surface area contributed by atoms with E-state index >= 15 is 0 Å². The molecule has 16 heavy (non-hydrogen) atoms. The highest BCUT2D eigenvalue weighted by Gasteiger charge is 2.26. The predicted octanol–water partition coefficient (Wildman–Crippen LogP) is 1.03. The standard InChI is InChI=1S/C11H21NO4/c1-4-8(5-2)10(11(14)15)12-9(13)7-16-6-3/h8,10H,4-7H2,1-3H3,(H,12,13)(H,14,15). The number of rotatable bonds is 8. The molecule has 0 rings (SSSR count). The summed E-state index contributed by atoms with van der Waals surface area (Å²) in [6.07, 6.45) is 1.45. The molecule has 0 saturated heterocycles. The van der Waals surface area contributed by atoms with E-state index in [-0.39, 0.29) is 18.4 Å². The Labute approximate surface area is 96.2 Å². The fourth-order valence-corrected chi connectivity index (χ4v) is 1.55. The first-order valence-corrected chi connectivity index (χ1v) is 5.66. The van der Waals surface area contributed by atoms with Crippen LogP contribution in [0.1, 0.15) is 33.6 Å². The smallest absolute Gasteiger partial charge is 0.326 e. The maximum atomic E-state index is 11.4. The molecule has 94 valence electrons. The second-order valence-corrected chi connectivity index (χ2v) is 3.60. The normalized spacial score (nSPS) is 12.5. The number of nitrogens with one attached hydrogen (secondary N) is 1. The highest BCUT2D eigenvalue weighted by atomic mass is 16.5. The van der Waals surface area contributed by atoms with Gasteiger partial charge in [0.15, 0.2) is 0 Å². The third kappa shape index (κ3) is 5.11. The van der Waals surface area contributed by atoms with E-state index in [1.807, 2.05) is 13.8 Å². The summed E-state index contributed by atoms with van der Waals surface area (Å²) < 4.78 is 4.92. The van der Waals surface area contributed by atoms with Gasteiger partial charge in [-0.3, -0.25) is 4.79 Å². The van der Waals surface area contributed by atoms with Crippen LogP contribution in [0, 0.1) is 5.92 Å². The maximum Gasteiger partial charge on any atom is 0.326 e. The van der Waals surface area contributed by atoms with Crippen molar-refractivity contribution in [2.75, 3.05) is 13.2 Å². The van der Waals surface area contributed by atoms with Crippen molar-refractivity contribution in [3.05, 3.63) is 0 Å². The fourth-order valence-electron chi connectivity index (χ4n) is 1.55. The molecule has 1 amide bonds. The molecule has 0 fully saturated rings. The molecule has 2 N–H and O–H groups in total. The molecule has 0 aromatic heterocycles. The predicted molar refractivity (Wildman–Crippen MR) is 60.1 cm³/mol. The molecular weight excluding hydrogens is 210 g/mol. The van der Waals surface area contributed by atoms with Gasteiger partial charge < -0.3 is 15.2 Å². The van der Waals surface area contributed by atoms with Gasteiger partial charge in [-0.25, -0.2) is 4.79 Å². The van der Waals surface area contributed by atoms with E-state index in [1.165, 1.54) is 0 Å². The fraction of sp³-hybridized carbons (Fsp3) is 0.818. The Kier molecular flexibility index (Phi) is 7.54. The van der Waals surface area contributed by atoms with Crippen molar-refractivity contribution in [3.63, 3.8) is 0 Å². The van der Waals surface area contributed by atoms with E-state index < -0.39 is 12.0 Å². The average molecular weight is 231 g/mol. The van der Waals surface area contributed by atoms with Crippen molar-refractivity contribution >= 4 is 11.9 Å². The van der Waals surface area contributed by atoms with Gasteiger partial charge in [0.25, 0.3) is 0 Å². The molecule has 1 atom stereocenters.